The van der Waals surface area contributed by atoms with E-state index in [-0.39, 0.29) is 0 Å². The van der Waals surface area contributed by atoms with E-state index in [1.54, 1.807) is 0 Å². The van der Waals surface area contributed by atoms with Gasteiger partial charge in [-0.1, -0.05) is 121 Å². The minimum absolute atomic E-state index is 0.795. The van der Waals surface area contributed by atoms with Gasteiger partial charge in [-0.3, -0.25) is 4.98 Å². The first-order chi connectivity index (χ1) is 17.8. The standard InChI is InChI=1S/C33H47N3/c1-3-5-7-9-11-12-14-16-18-29-26-35-33(36-27-29)31-22-20-30(21-23-31)32-24-19-28(25-34-32)17-15-13-10-8-6-4-2/h19-27H,3-18H2,1-2H3. The van der Waals surface area contributed by atoms with Gasteiger partial charge in [0.05, 0.1) is 5.69 Å². The number of aromatic nitrogens is 3. The highest BCUT2D eigenvalue weighted by Crippen LogP contribution is 2.22. The third kappa shape index (κ3) is 10.2. The summed E-state index contributed by atoms with van der Waals surface area (Å²) >= 11 is 0. The summed E-state index contributed by atoms with van der Waals surface area (Å²) in [5.74, 6) is 0.795. The van der Waals surface area contributed by atoms with Crippen LogP contribution in [0.3, 0.4) is 0 Å². The number of aryl methyl sites for hydroxylation is 2. The molecule has 0 fully saturated rings. The molecule has 0 bridgehead atoms. The van der Waals surface area contributed by atoms with Crippen molar-refractivity contribution in [3.63, 3.8) is 0 Å². The number of hydrogen-bond donors (Lipinski definition) is 0. The number of pyridine rings is 1. The van der Waals surface area contributed by atoms with Gasteiger partial charge < -0.3 is 0 Å². The lowest BCUT2D eigenvalue weighted by atomic mass is 10.0. The van der Waals surface area contributed by atoms with Crippen molar-refractivity contribution in [2.24, 2.45) is 0 Å². The predicted molar refractivity (Wildman–Crippen MR) is 154 cm³/mol. The van der Waals surface area contributed by atoms with Crippen molar-refractivity contribution in [3.8, 4) is 22.6 Å². The van der Waals surface area contributed by atoms with Crippen LogP contribution in [-0.2, 0) is 12.8 Å². The minimum atomic E-state index is 0.795. The van der Waals surface area contributed by atoms with E-state index in [9.17, 15) is 0 Å². The van der Waals surface area contributed by atoms with Crippen LogP contribution in [0.5, 0.6) is 0 Å². The van der Waals surface area contributed by atoms with Crippen molar-refractivity contribution in [1.82, 2.24) is 15.0 Å². The second-order valence-electron chi connectivity index (χ2n) is 10.3. The van der Waals surface area contributed by atoms with E-state index >= 15 is 0 Å². The first-order valence-electron chi connectivity index (χ1n) is 14.7. The van der Waals surface area contributed by atoms with Crippen LogP contribution in [-0.4, -0.2) is 15.0 Å². The number of unbranched alkanes of at least 4 members (excludes halogenated alkanes) is 12. The highest BCUT2D eigenvalue weighted by atomic mass is 14.9. The van der Waals surface area contributed by atoms with Gasteiger partial charge in [-0.05, 0) is 42.9 Å². The molecule has 3 rings (SSSR count). The van der Waals surface area contributed by atoms with Gasteiger partial charge in [0.2, 0.25) is 0 Å². The van der Waals surface area contributed by atoms with Crippen LogP contribution in [0.15, 0.2) is 55.0 Å². The summed E-state index contributed by atoms with van der Waals surface area (Å²) in [4.78, 5) is 14.0. The molecule has 0 spiro atoms. The molecule has 0 N–H and O–H groups in total. The summed E-state index contributed by atoms with van der Waals surface area (Å²) < 4.78 is 0. The Morgan fingerprint density at radius 3 is 1.44 bits per heavy atom. The Morgan fingerprint density at radius 1 is 0.444 bits per heavy atom. The molecule has 2 aromatic heterocycles. The number of rotatable bonds is 18. The highest BCUT2D eigenvalue weighted by molar-refractivity contribution is 5.65. The molecule has 0 amide bonds. The zero-order valence-electron chi connectivity index (χ0n) is 22.9. The Morgan fingerprint density at radius 2 is 0.917 bits per heavy atom. The Bertz CT molecular complexity index is 946. The van der Waals surface area contributed by atoms with Gasteiger partial charge in [0, 0.05) is 29.7 Å². The molecule has 3 aromatic rings. The lowest BCUT2D eigenvalue weighted by Gasteiger charge is -2.06. The zero-order chi connectivity index (χ0) is 25.3. The molecule has 194 valence electrons. The fourth-order valence-electron chi connectivity index (χ4n) is 4.74. The van der Waals surface area contributed by atoms with Crippen molar-refractivity contribution >= 4 is 0 Å². The van der Waals surface area contributed by atoms with E-state index in [0.29, 0.717) is 0 Å². The number of nitrogens with zero attached hydrogens (tertiary/aromatic N) is 3. The van der Waals surface area contributed by atoms with Crippen LogP contribution in [0.1, 0.15) is 115 Å². The van der Waals surface area contributed by atoms with Crippen LogP contribution in [0.25, 0.3) is 22.6 Å². The first kappa shape index (κ1) is 28.0. The molecule has 0 saturated carbocycles. The summed E-state index contributed by atoms with van der Waals surface area (Å²) in [6, 6.07) is 12.9. The van der Waals surface area contributed by atoms with Gasteiger partial charge in [-0.25, -0.2) is 9.97 Å². The van der Waals surface area contributed by atoms with Gasteiger partial charge >= 0.3 is 0 Å². The molecule has 1 aromatic carbocycles. The van der Waals surface area contributed by atoms with Gasteiger partial charge in [0.15, 0.2) is 5.82 Å². The van der Waals surface area contributed by atoms with Crippen molar-refractivity contribution in [3.05, 3.63) is 66.1 Å². The van der Waals surface area contributed by atoms with Gasteiger partial charge in [-0.2, -0.15) is 0 Å². The summed E-state index contributed by atoms with van der Waals surface area (Å²) in [7, 11) is 0. The quantitative estimate of drug-likeness (QED) is 0.168. The van der Waals surface area contributed by atoms with Crippen LogP contribution in [0.4, 0.5) is 0 Å². The summed E-state index contributed by atoms with van der Waals surface area (Å²) in [5, 5.41) is 0. The number of benzene rings is 1. The second-order valence-corrected chi connectivity index (χ2v) is 10.3. The fourth-order valence-corrected chi connectivity index (χ4v) is 4.74. The maximum atomic E-state index is 4.72. The zero-order valence-corrected chi connectivity index (χ0v) is 22.9. The fraction of sp³-hybridized carbons (Fsp3) is 0.545. The van der Waals surface area contributed by atoms with E-state index in [0.717, 1.165) is 35.5 Å². The third-order valence-electron chi connectivity index (χ3n) is 7.11. The molecule has 0 aliphatic rings. The summed E-state index contributed by atoms with van der Waals surface area (Å²) in [6.07, 6.45) is 27.0. The molecule has 0 aliphatic carbocycles. The molecule has 0 aliphatic heterocycles. The lowest BCUT2D eigenvalue weighted by Crippen LogP contribution is -1.94. The maximum Gasteiger partial charge on any atom is 0.159 e. The normalized spacial score (nSPS) is 11.2. The Kier molecular flexibility index (Phi) is 13.2. The predicted octanol–water partition coefficient (Wildman–Crippen LogP) is 9.79. The third-order valence-corrected chi connectivity index (χ3v) is 7.11. The van der Waals surface area contributed by atoms with Crippen molar-refractivity contribution < 1.29 is 0 Å². The lowest BCUT2D eigenvalue weighted by molar-refractivity contribution is 0.575. The average molecular weight is 486 g/mol. The molecule has 3 heteroatoms. The molecule has 3 nitrogen and oxygen atoms in total. The van der Waals surface area contributed by atoms with Gasteiger partial charge in [-0.15, -0.1) is 0 Å². The molecule has 2 heterocycles. The molecule has 0 radical (unpaired) electrons. The van der Waals surface area contributed by atoms with Crippen LogP contribution >= 0.6 is 0 Å². The largest absolute Gasteiger partial charge is 0.256 e. The SMILES string of the molecule is CCCCCCCCCCc1cnc(-c2ccc(-c3ccc(CCCCCCCC)cn3)cc2)nc1. The molecule has 0 saturated heterocycles. The van der Waals surface area contributed by atoms with E-state index < -0.39 is 0 Å². The molecular weight excluding hydrogens is 438 g/mol. The summed E-state index contributed by atoms with van der Waals surface area (Å²) in [5.41, 5.74) is 5.79. The Labute approximate surface area is 220 Å². The maximum absolute atomic E-state index is 4.72. The molecule has 36 heavy (non-hydrogen) atoms. The molecular formula is C33H47N3. The Balaban J connectivity index is 1.41. The topological polar surface area (TPSA) is 38.7 Å². The van der Waals surface area contributed by atoms with Crippen molar-refractivity contribution in [1.29, 1.82) is 0 Å². The van der Waals surface area contributed by atoms with Crippen molar-refractivity contribution in [2.75, 3.05) is 0 Å². The second kappa shape index (κ2) is 17.0. The van der Waals surface area contributed by atoms with Crippen LogP contribution < -0.4 is 0 Å². The van der Waals surface area contributed by atoms with E-state index in [2.05, 4.69) is 60.2 Å². The van der Waals surface area contributed by atoms with Gasteiger partial charge in [0.1, 0.15) is 0 Å². The minimum Gasteiger partial charge on any atom is -0.256 e. The van der Waals surface area contributed by atoms with E-state index in [1.807, 2.05) is 18.6 Å². The average Bonchev–Trinajstić information content (AvgIpc) is 2.93. The van der Waals surface area contributed by atoms with E-state index in [4.69, 9.17) is 4.98 Å². The highest BCUT2D eigenvalue weighted by Gasteiger charge is 2.05. The molecule has 0 unspecified atom stereocenters. The summed E-state index contributed by atoms with van der Waals surface area (Å²) in [6.45, 7) is 4.54. The molecule has 0 atom stereocenters. The first-order valence-corrected chi connectivity index (χ1v) is 14.7. The smallest absolute Gasteiger partial charge is 0.159 e. The van der Waals surface area contributed by atoms with Gasteiger partial charge in [0.25, 0.3) is 0 Å². The van der Waals surface area contributed by atoms with Crippen LogP contribution in [0.2, 0.25) is 0 Å². The Hall–Kier alpha value is -2.55. The monoisotopic (exact) mass is 485 g/mol. The number of hydrogen-bond acceptors (Lipinski definition) is 3. The van der Waals surface area contributed by atoms with Crippen LogP contribution in [0, 0.1) is 0 Å². The van der Waals surface area contributed by atoms with Crippen molar-refractivity contribution in [2.45, 2.75) is 117 Å². The van der Waals surface area contributed by atoms with E-state index in [1.165, 1.54) is 101 Å².